The van der Waals surface area contributed by atoms with Crippen molar-refractivity contribution in [2.75, 3.05) is 0 Å². The summed E-state index contributed by atoms with van der Waals surface area (Å²) in [6, 6.07) is 10.6. The van der Waals surface area contributed by atoms with Gasteiger partial charge in [-0.15, -0.1) is 0 Å². The van der Waals surface area contributed by atoms with Gasteiger partial charge in [-0.25, -0.2) is 4.79 Å². The van der Waals surface area contributed by atoms with Crippen molar-refractivity contribution in [2.45, 2.75) is 45.3 Å². The summed E-state index contributed by atoms with van der Waals surface area (Å²) in [4.78, 5) is 36.6. The van der Waals surface area contributed by atoms with Gasteiger partial charge in [-0.05, 0) is 61.9 Å². The molecule has 0 saturated carbocycles. The normalized spacial score (nSPS) is 14.6. The molecule has 0 aliphatic heterocycles. The lowest BCUT2D eigenvalue weighted by Gasteiger charge is -2.23. The quantitative estimate of drug-likeness (QED) is 0.611. The summed E-state index contributed by atoms with van der Waals surface area (Å²) in [6.45, 7) is 3.38. The fourth-order valence-corrected chi connectivity index (χ4v) is 4.03. The largest absolute Gasteiger partial charge is 0.548 e. The van der Waals surface area contributed by atoms with Gasteiger partial charge in [0, 0.05) is 5.56 Å². The van der Waals surface area contributed by atoms with Crippen LogP contribution < -0.4 is 20.8 Å². The topological polar surface area (TPSA) is 109 Å². The molecule has 7 nitrogen and oxygen atoms in total. The van der Waals surface area contributed by atoms with Crippen molar-refractivity contribution in [3.63, 3.8) is 0 Å². The van der Waals surface area contributed by atoms with Gasteiger partial charge in [-0.3, -0.25) is 4.79 Å². The summed E-state index contributed by atoms with van der Waals surface area (Å²) in [5, 5.41) is 14.8. The number of amides is 1. The van der Waals surface area contributed by atoms with E-state index in [1.54, 1.807) is 49.4 Å². The highest BCUT2D eigenvalue weighted by atomic mass is 16.5. The minimum Gasteiger partial charge on any atom is -0.548 e. The number of ether oxygens (including phenoxy) is 1. The summed E-state index contributed by atoms with van der Waals surface area (Å²) in [5.74, 6) is -1.57. The maximum absolute atomic E-state index is 12.7. The Labute approximate surface area is 178 Å². The van der Waals surface area contributed by atoms with E-state index in [0.717, 1.165) is 24.0 Å². The van der Waals surface area contributed by atoms with E-state index < -0.39 is 24.0 Å². The van der Waals surface area contributed by atoms with Crippen molar-refractivity contribution in [2.24, 2.45) is 0 Å². The van der Waals surface area contributed by atoms with Gasteiger partial charge in [0.2, 0.25) is 0 Å². The van der Waals surface area contributed by atoms with Gasteiger partial charge in [-0.1, -0.05) is 30.3 Å². The molecule has 3 aromatic rings. The van der Waals surface area contributed by atoms with Crippen LogP contribution in [0.5, 0.6) is 5.75 Å². The molecule has 0 bridgehead atoms. The van der Waals surface area contributed by atoms with E-state index >= 15 is 0 Å². The molecule has 0 fully saturated rings. The van der Waals surface area contributed by atoms with E-state index in [-0.39, 0.29) is 5.63 Å². The number of carboxylic acids is 1. The van der Waals surface area contributed by atoms with Crippen LogP contribution in [0.3, 0.4) is 0 Å². The molecule has 1 N–H and O–H groups in total. The van der Waals surface area contributed by atoms with Crippen LogP contribution in [-0.2, 0) is 22.4 Å². The molecule has 31 heavy (non-hydrogen) atoms. The Kier molecular flexibility index (Phi) is 5.50. The number of hydrogen-bond acceptors (Lipinski definition) is 6. The number of aryl methyl sites for hydroxylation is 2. The van der Waals surface area contributed by atoms with Crippen molar-refractivity contribution in [1.82, 2.24) is 5.32 Å². The van der Waals surface area contributed by atoms with E-state index in [0.29, 0.717) is 34.3 Å². The Bertz CT molecular complexity index is 1210. The zero-order chi connectivity index (χ0) is 22.1. The molecule has 2 atom stereocenters. The van der Waals surface area contributed by atoms with E-state index in [1.807, 2.05) is 6.92 Å². The van der Waals surface area contributed by atoms with E-state index in [2.05, 4.69) is 5.32 Å². The number of carbonyl (C=O) groups excluding carboxylic acids is 2. The molecule has 0 spiro atoms. The first kappa shape index (κ1) is 20.7. The van der Waals surface area contributed by atoms with Crippen LogP contribution in [0.2, 0.25) is 0 Å². The molecule has 0 unspecified atom stereocenters. The van der Waals surface area contributed by atoms with Gasteiger partial charge in [0.05, 0.1) is 17.4 Å². The molecule has 160 valence electrons. The van der Waals surface area contributed by atoms with Gasteiger partial charge in [0.25, 0.3) is 5.91 Å². The first-order chi connectivity index (χ1) is 14.8. The molecule has 0 saturated heterocycles. The van der Waals surface area contributed by atoms with Gasteiger partial charge in [0.15, 0.2) is 6.10 Å². The lowest BCUT2D eigenvalue weighted by atomic mass is 10.0. The lowest BCUT2D eigenvalue weighted by molar-refractivity contribution is -0.308. The van der Waals surface area contributed by atoms with E-state index in [9.17, 15) is 19.5 Å². The van der Waals surface area contributed by atoms with Gasteiger partial charge >= 0.3 is 5.63 Å². The number of hydrogen-bond donors (Lipinski definition) is 1. The fourth-order valence-electron chi connectivity index (χ4n) is 4.03. The van der Waals surface area contributed by atoms with E-state index in [1.165, 1.54) is 0 Å². The first-order valence-corrected chi connectivity index (χ1v) is 10.2. The molecule has 1 heterocycles. The summed E-state index contributed by atoms with van der Waals surface area (Å²) in [5.41, 5.74) is 2.86. The maximum Gasteiger partial charge on any atom is 0.339 e. The highest BCUT2D eigenvalue weighted by Gasteiger charge is 2.25. The van der Waals surface area contributed by atoms with Crippen LogP contribution in [0.4, 0.5) is 0 Å². The number of nitrogens with one attached hydrogen (secondary N) is 1. The second kappa shape index (κ2) is 8.26. The third kappa shape index (κ3) is 4.03. The zero-order valence-corrected chi connectivity index (χ0v) is 17.3. The highest BCUT2D eigenvalue weighted by molar-refractivity contribution is 5.90. The Hall–Kier alpha value is -3.61. The molecule has 1 aromatic heterocycles. The van der Waals surface area contributed by atoms with Crippen molar-refractivity contribution < 1.29 is 23.8 Å². The second-order valence-electron chi connectivity index (χ2n) is 7.77. The third-order valence-electron chi connectivity index (χ3n) is 5.51. The summed E-state index contributed by atoms with van der Waals surface area (Å²) in [7, 11) is 0. The van der Waals surface area contributed by atoms with Gasteiger partial charge in [0.1, 0.15) is 11.3 Å². The van der Waals surface area contributed by atoms with Crippen molar-refractivity contribution in [3.8, 4) is 5.75 Å². The number of carboxylic acid groups (broad SMARTS) is 1. The summed E-state index contributed by atoms with van der Waals surface area (Å²) >= 11 is 0. The van der Waals surface area contributed by atoms with Crippen LogP contribution in [0.1, 0.15) is 41.6 Å². The number of fused-ring (bicyclic) bond motifs is 3. The predicted octanol–water partition coefficient (Wildman–Crippen LogP) is 1.96. The Morgan fingerprint density at radius 1 is 1.13 bits per heavy atom. The van der Waals surface area contributed by atoms with Crippen LogP contribution in [0, 0.1) is 6.92 Å². The average Bonchev–Trinajstić information content (AvgIpc) is 3.22. The zero-order valence-electron chi connectivity index (χ0n) is 17.3. The smallest absolute Gasteiger partial charge is 0.339 e. The fraction of sp³-hybridized carbons (Fsp3) is 0.292. The summed E-state index contributed by atoms with van der Waals surface area (Å²) in [6.07, 6.45) is 1.26. The highest BCUT2D eigenvalue weighted by Crippen LogP contribution is 2.35. The number of carbonyl (C=O) groups is 2. The monoisotopic (exact) mass is 420 g/mol. The van der Waals surface area contributed by atoms with Crippen LogP contribution in [0.25, 0.3) is 11.0 Å². The van der Waals surface area contributed by atoms with Crippen LogP contribution in [-0.4, -0.2) is 18.0 Å². The maximum atomic E-state index is 12.7. The van der Waals surface area contributed by atoms with Crippen molar-refractivity contribution >= 4 is 22.8 Å². The standard InChI is InChI=1S/C24H23NO6/c1-13-11-18(20-16-9-6-10-17(16)24(29)31-19(20)12-13)30-14(2)22(26)25-21(23(27)28)15-7-4-3-5-8-15/h3-5,7-8,11-12,14,21H,6,9-10H2,1-2H3,(H,25,26)(H,27,28)/p-1/t14-,21-/m0/s1. The average molecular weight is 420 g/mol. The van der Waals surface area contributed by atoms with Crippen LogP contribution >= 0.6 is 0 Å². The molecule has 1 aliphatic rings. The molecule has 1 aliphatic carbocycles. The minimum atomic E-state index is -1.41. The Morgan fingerprint density at radius 2 is 1.84 bits per heavy atom. The number of benzene rings is 2. The van der Waals surface area contributed by atoms with Crippen molar-refractivity contribution in [3.05, 3.63) is 75.1 Å². The summed E-state index contributed by atoms with van der Waals surface area (Å²) < 4.78 is 11.5. The van der Waals surface area contributed by atoms with E-state index in [4.69, 9.17) is 9.15 Å². The molecule has 0 radical (unpaired) electrons. The molecule has 1 amide bonds. The molecule has 7 heteroatoms. The predicted molar refractivity (Wildman–Crippen MR) is 112 cm³/mol. The minimum absolute atomic E-state index is 0.331. The Morgan fingerprint density at radius 3 is 2.55 bits per heavy atom. The van der Waals surface area contributed by atoms with Gasteiger partial charge < -0.3 is 24.4 Å². The molecule has 4 rings (SSSR count). The third-order valence-corrected chi connectivity index (χ3v) is 5.51. The second-order valence-corrected chi connectivity index (χ2v) is 7.77. The molecule has 2 aromatic carbocycles. The number of aliphatic carboxylic acids is 1. The Balaban J connectivity index is 1.63. The lowest BCUT2D eigenvalue weighted by Crippen LogP contribution is -2.45. The van der Waals surface area contributed by atoms with Crippen LogP contribution in [0.15, 0.2) is 51.7 Å². The SMILES string of the molecule is Cc1cc(O[C@@H](C)C(=O)N[C@H](C(=O)[O-])c2ccccc2)c2c3c(c(=O)oc2c1)CCC3. The molecular weight excluding hydrogens is 398 g/mol. The number of rotatable bonds is 6. The molecular formula is C24H22NO6-. The van der Waals surface area contributed by atoms with Gasteiger partial charge in [-0.2, -0.15) is 0 Å². The van der Waals surface area contributed by atoms with Crippen molar-refractivity contribution in [1.29, 1.82) is 0 Å². The first-order valence-electron chi connectivity index (χ1n) is 10.2.